The molecule has 0 saturated heterocycles. The third kappa shape index (κ3) is 6.51. The zero-order valence-electron chi connectivity index (χ0n) is 15.8. The van der Waals surface area contributed by atoms with Gasteiger partial charge < -0.3 is 20.7 Å². The van der Waals surface area contributed by atoms with Gasteiger partial charge in [0.2, 0.25) is 5.91 Å². The first-order valence-electron chi connectivity index (χ1n) is 8.66. The van der Waals surface area contributed by atoms with Gasteiger partial charge in [0.15, 0.2) is 10.7 Å². The van der Waals surface area contributed by atoms with E-state index >= 15 is 0 Å². The molecule has 148 valence electrons. The van der Waals surface area contributed by atoms with Gasteiger partial charge >= 0.3 is 0 Å². The van der Waals surface area contributed by atoms with Crippen LogP contribution in [0.1, 0.15) is 27.2 Å². The maximum absolute atomic E-state index is 12.6. The van der Waals surface area contributed by atoms with Gasteiger partial charge in [-0.05, 0) is 74.6 Å². The summed E-state index contributed by atoms with van der Waals surface area (Å²) in [6.07, 6.45) is 0.348. The summed E-state index contributed by atoms with van der Waals surface area (Å²) in [6.45, 7) is 5.11. The van der Waals surface area contributed by atoms with Crippen molar-refractivity contribution in [3.63, 3.8) is 0 Å². The van der Waals surface area contributed by atoms with Crippen molar-refractivity contribution >= 4 is 52.1 Å². The molecule has 0 unspecified atom stereocenters. The van der Waals surface area contributed by atoms with Crippen LogP contribution in [-0.4, -0.2) is 22.5 Å². The molecule has 6 nitrogen and oxygen atoms in total. The summed E-state index contributed by atoms with van der Waals surface area (Å²) in [5.41, 5.74) is 0.208. The molecule has 0 bridgehead atoms. The average molecular weight is 420 g/mol. The molecule has 28 heavy (non-hydrogen) atoms. The van der Waals surface area contributed by atoms with Crippen LogP contribution >= 0.6 is 23.8 Å². The predicted molar refractivity (Wildman–Crippen MR) is 116 cm³/mol. The van der Waals surface area contributed by atoms with Crippen molar-refractivity contribution in [2.75, 3.05) is 10.6 Å². The van der Waals surface area contributed by atoms with Crippen LogP contribution in [0.3, 0.4) is 0 Å². The Hall–Kier alpha value is -2.64. The number of anilines is 2. The highest BCUT2D eigenvalue weighted by atomic mass is 35.5. The van der Waals surface area contributed by atoms with E-state index in [1.165, 1.54) is 0 Å². The standard InChI is InChI=1S/C20H22ClN3O3S/c1-4-17(25)24-19(28)23-15-9-7-14(8-10-15)22-18(26)20(2,3)27-16-11-5-13(21)6-12-16/h5-12H,4H2,1-3H3,(H,22,26)(H2,23,24,25,28). The molecule has 8 heteroatoms. The summed E-state index contributed by atoms with van der Waals surface area (Å²) in [5.74, 6) is 0.0879. The summed E-state index contributed by atoms with van der Waals surface area (Å²) >= 11 is 10.9. The largest absolute Gasteiger partial charge is 0.478 e. The van der Waals surface area contributed by atoms with E-state index in [2.05, 4.69) is 16.0 Å². The Morgan fingerprint density at radius 1 is 1.00 bits per heavy atom. The molecule has 0 spiro atoms. The topological polar surface area (TPSA) is 79.5 Å². The molecule has 0 aliphatic rings. The normalized spacial score (nSPS) is 10.7. The van der Waals surface area contributed by atoms with Gasteiger partial charge in [-0.1, -0.05) is 18.5 Å². The number of hydrogen-bond donors (Lipinski definition) is 3. The molecule has 0 saturated carbocycles. The van der Waals surface area contributed by atoms with Crippen LogP contribution in [0.4, 0.5) is 11.4 Å². The highest BCUT2D eigenvalue weighted by Crippen LogP contribution is 2.22. The quantitative estimate of drug-likeness (QED) is 0.606. The number of amides is 2. The molecule has 3 N–H and O–H groups in total. The molecule has 0 aliphatic carbocycles. The SMILES string of the molecule is CCC(=O)NC(=S)Nc1ccc(NC(=O)C(C)(C)Oc2ccc(Cl)cc2)cc1. The molecule has 2 aromatic carbocycles. The smallest absolute Gasteiger partial charge is 0.267 e. The fourth-order valence-corrected chi connectivity index (χ4v) is 2.50. The second kappa shape index (κ2) is 9.52. The maximum atomic E-state index is 12.6. The van der Waals surface area contributed by atoms with Crippen molar-refractivity contribution in [2.24, 2.45) is 0 Å². The molecule has 0 aliphatic heterocycles. The van der Waals surface area contributed by atoms with Crippen LogP contribution in [0.15, 0.2) is 48.5 Å². The molecule has 2 rings (SSSR count). The number of nitrogens with one attached hydrogen (secondary N) is 3. The molecule has 2 amide bonds. The Labute approximate surface area is 174 Å². The number of halogens is 1. The average Bonchev–Trinajstić information content (AvgIpc) is 2.64. The third-order valence-corrected chi connectivity index (χ3v) is 4.16. The first-order valence-corrected chi connectivity index (χ1v) is 9.45. The van der Waals surface area contributed by atoms with E-state index in [9.17, 15) is 9.59 Å². The summed E-state index contributed by atoms with van der Waals surface area (Å²) in [7, 11) is 0. The van der Waals surface area contributed by atoms with E-state index in [1.807, 2.05) is 0 Å². The van der Waals surface area contributed by atoms with Gasteiger partial charge in [0, 0.05) is 22.8 Å². The van der Waals surface area contributed by atoms with Gasteiger partial charge in [0.1, 0.15) is 5.75 Å². The Kier molecular flexibility index (Phi) is 7.37. The fraction of sp³-hybridized carbons (Fsp3) is 0.250. The summed E-state index contributed by atoms with van der Waals surface area (Å²) in [5, 5.41) is 9.10. The lowest BCUT2D eigenvalue weighted by Crippen LogP contribution is -2.42. The molecule has 0 aromatic heterocycles. The summed E-state index contributed by atoms with van der Waals surface area (Å²) < 4.78 is 5.77. The number of carbonyl (C=O) groups excluding carboxylic acids is 2. The van der Waals surface area contributed by atoms with Crippen LogP contribution in [0.2, 0.25) is 5.02 Å². The molecule has 0 fully saturated rings. The zero-order chi connectivity index (χ0) is 20.7. The van der Waals surface area contributed by atoms with Crippen LogP contribution in [0.25, 0.3) is 0 Å². The van der Waals surface area contributed by atoms with E-state index < -0.39 is 5.60 Å². The van der Waals surface area contributed by atoms with E-state index in [1.54, 1.807) is 69.3 Å². The van der Waals surface area contributed by atoms with E-state index in [0.29, 0.717) is 28.6 Å². The van der Waals surface area contributed by atoms with Crippen molar-refractivity contribution in [3.05, 3.63) is 53.6 Å². The minimum atomic E-state index is -1.09. The zero-order valence-corrected chi connectivity index (χ0v) is 17.4. The van der Waals surface area contributed by atoms with E-state index in [-0.39, 0.29) is 16.9 Å². The molecular formula is C20H22ClN3O3S. The first kappa shape index (κ1) is 21.7. The van der Waals surface area contributed by atoms with Gasteiger partial charge in [-0.25, -0.2) is 0 Å². The molecule has 0 heterocycles. The van der Waals surface area contributed by atoms with Crippen LogP contribution in [-0.2, 0) is 9.59 Å². The van der Waals surface area contributed by atoms with Crippen LogP contribution in [0.5, 0.6) is 5.75 Å². The Balaban J connectivity index is 1.94. The molecule has 0 atom stereocenters. The van der Waals surface area contributed by atoms with Crippen LogP contribution < -0.4 is 20.7 Å². The van der Waals surface area contributed by atoms with Crippen molar-refractivity contribution < 1.29 is 14.3 Å². The predicted octanol–water partition coefficient (Wildman–Crippen LogP) is 4.36. The number of hydrogen-bond acceptors (Lipinski definition) is 4. The lowest BCUT2D eigenvalue weighted by Gasteiger charge is -2.25. The Morgan fingerprint density at radius 3 is 2.07 bits per heavy atom. The number of thiocarbonyl (C=S) groups is 1. The second-order valence-electron chi connectivity index (χ2n) is 6.45. The minimum Gasteiger partial charge on any atom is -0.478 e. The van der Waals surface area contributed by atoms with Gasteiger partial charge in [-0.3, -0.25) is 9.59 Å². The number of carbonyl (C=O) groups is 2. The maximum Gasteiger partial charge on any atom is 0.267 e. The second-order valence-corrected chi connectivity index (χ2v) is 7.30. The summed E-state index contributed by atoms with van der Waals surface area (Å²) in [6, 6.07) is 13.7. The van der Waals surface area contributed by atoms with Crippen molar-refractivity contribution in [1.82, 2.24) is 5.32 Å². The molecule has 0 radical (unpaired) electrons. The number of rotatable bonds is 6. The van der Waals surface area contributed by atoms with Gasteiger partial charge in [-0.2, -0.15) is 0 Å². The summed E-state index contributed by atoms with van der Waals surface area (Å²) in [4.78, 5) is 23.9. The van der Waals surface area contributed by atoms with E-state index in [4.69, 9.17) is 28.6 Å². The highest BCUT2D eigenvalue weighted by Gasteiger charge is 2.30. The first-order chi connectivity index (χ1) is 13.2. The lowest BCUT2D eigenvalue weighted by atomic mass is 10.1. The number of ether oxygens (including phenoxy) is 1. The highest BCUT2D eigenvalue weighted by molar-refractivity contribution is 7.80. The van der Waals surface area contributed by atoms with Gasteiger partial charge in [0.25, 0.3) is 5.91 Å². The minimum absolute atomic E-state index is 0.163. The monoisotopic (exact) mass is 419 g/mol. The third-order valence-electron chi connectivity index (χ3n) is 3.71. The van der Waals surface area contributed by atoms with Crippen molar-refractivity contribution in [2.45, 2.75) is 32.8 Å². The van der Waals surface area contributed by atoms with Crippen molar-refractivity contribution in [3.8, 4) is 5.75 Å². The van der Waals surface area contributed by atoms with Gasteiger partial charge in [-0.15, -0.1) is 0 Å². The van der Waals surface area contributed by atoms with E-state index in [0.717, 1.165) is 0 Å². The molecule has 2 aromatic rings. The number of benzene rings is 2. The van der Waals surface area contributed by atoms with Crippen molar-refractivity contribution in [1.29, 1.82) is 0 Å². The van der Waals surface area contributed by atoms with Crippen LogP contribution in [0, 0.1) is 0 Å². The Morgan fingerprint density at radius 2 is 1.54 bits per heavy atom. The lowest BCUT2D eigenvalue weighted by molar-refractivity contribution is -0.128. The Bertz CT molecular complexity index is 852. The molecular weight excluding hydrogens is 398 g/mol. The fourth-order valence-electron chi connectivity index (χ4n) is 2.14. The van der Waals surface area contributed by atoms with Gasteiger partial charge in [0.05, 0.1) is 0 Å².